The Morgan fingerprint density at radius 2 is 1.65 bits per heavy atom. The number of carboxylic acids is 1. The van der Waals surface area contributed by atoms with Crippen LogP contribution in [0.15, 0.2) is 53.0 Å². The van der Waals surface area contributed by atoms with Crippen molar-refractivity contribution in [2.24, 2.45) is 0 Å². The summed E-state index contributed by atoms with van der Waals surface area (Å²) in [6.45, 7) is 0.726. The molecule has 2 rings (SSSR count). The van der Waals surface area contributed by atoms with Crippen molar-refractivity contribution >= 4 is 21.9 Å². The summed E-state index contributed by atoms with van der Waals surface area (Å²) in [5.74, 6) is 0.279. The number of carbonyl (C=O) groups is 1. The molecule has 0 heterocycles. The molecule has 2 aromatic rings. The van der Waals surface area contributed by atoms with Crippen LogP contribution in [0.3, 0.4) is 0 Å². The molecule has 0 aliphatic heterocycles. The van der Waals surface area contributed by atoms with E-state index in [2.05, 4.69) is 15.9 Å². The molecule has 0 aromatic heterocycles. The third-order valence-electron chi connectivity index (χ3n) is 2.48. The van der Waals surface area contributed by atoms with E-state index in [-0.39, 0.29) is 5.56 Å². The van der Waals surface area contributed by atoms with E-state index in [1.807, 2.05) is 30.3 Å². The van der Waals surface area contributed by atoms with Crippen LogP contribution in [-0.2, 0) is 0 Å². The molecule has 2 aromatic carbocycles. The van der Waals surface area contributed by atoms with Crippen molar-refractivity contribution in [2.45, 2.75) is 0 Å². The maximum Gasteiger partial charge on any atom is 0.335 e. The Hall–Kier alpha value is -2.01. The first-order chi connectivity index (χ1) is 9.65. The maximum atomic E-state index is 10.9. The minimum atomic E-state index is -0.989. The molecule has 0 spiro atoms. The van der Waals surface area contributed by atoms with Gasteiger partial charge in [-0.25, -0.2) is 4.79 Å². The van der Waals surface area contributed by atoms with Crippen molar-refractivity contribution in [3.8, 4) is 11.5 Å². The van der Waals surface area contributed by atoms with Gasteiger partial charge in [-0.1, -0.05) is 34.1 Å². The van der Waals surface area contributed by atoms with Crippen molar-refractivity contribution in [1.29, 1.82) is 0 Å². The number of hydrogen-bond acceptors (Lipinski definition) is 3. The first-order valence-electron chi connectivity index (χ1n) is 6.00. The van der Waals surface area contributed by atoms with Gasteiger partial charge in [-0.05, 0) is 30.3 Å². The Kier molecular flexibility index (Phi) is 5.01. The molecular weight excluding hydrogens is 324 g/mol. The zero-order valence-corrected chi connectivity index (χ0v) is 12.2. The molecule has 0 radical (unpaired) electrons. The molecule has 0 aliphatic carbocycles. The fraction of sp³-hybridized carbons (Fsp3) is 0.133. The molecule has 0 amide bonds. The van der Waals surface area contributed by atoms with E-state index in [0.717, 1.165) is 5.75 Å². The Bertz CT molecular complexity index is 584. The molecule has 1 N–H and O–H groups in total. The Labute approximate surface area is 125 Å². The largest absolute Gasteiger partial charge is 0.490 e. The Morgan fingerprint density at radius 3 is 2.30 bits per heavy atom. The number of halogens is 1. The molecule has 0 fully saturated rings. The minimum absolute atomic E-state index is 0.179. The van der Waals surface area contributed by atoms with Crippen LogP contribution in [0.1, 0.15) is 10.4 Å². The van der Waals surface area contributed by atoms with Crippen molar-refractivity contribution in [1.82, 2.24) is 0 Å². The summed E-state index contributed by atoms with van der Waals surface area (Å²) in [6, 6.07) is 14.1. The highest BCUT2D eigenvalue weighted by atomic mass is 79.9. The molecular formula is C15H13BrO4. The number of hydrogen-bond donors (Lipinski definition) is 1. The quantitative estimate of drug-likeness (QED) is 0.819. The van der Waals surface area contributed by atoms with Gasteiger partial charge in [0.2, 0.25) is 0 Å². The van der Waals surface area contributed by atoms with Crippen LogP contribution in [0, 0.1) is 0 Å². The molecule has 4 nitrogen and oxygen atoms in total. The third-order valence-corrected chi connectivity index (χ3v) is 2.94. The summed E-state index contributed by atoms with van der Waals surface area (Å²) < 4.78 is 11.6. The van der Waals surface area contributed by atoms with Gasteiger partial charge >= 0.3 is 5.97 Å². The van der Waals surface area contributed by atoms with Gasteiger partial charge in [-0.3, -0.25) is 0 Å². The maximum absolute atomic E-state index is 10.9. The monoisotopic (exact) mass is 336 g/mol. The normalized spacial score (nSPS) is 10.1. The zero-order chi connectivity index (χ0) is 14.4. The second-order valence-electron chi connectivity index (χ2n) is 3.99. The van der Waals surface area contributed by atoms with E-state index in [4.69, 9.17) is 14.6 Å². The van der Waals surface area contributed by atoms with Crippen molar-refractivity contribution < 1.29 is 19.4 Å². The highest BCUT2D eigenvalue weighted by Crippen LogP contribution is 2.21. The summed E-state index contributed by atoms with van der Waals surface area (Å²) in [7, 11) is 0. The van der Waals surface area contributed by atoms with Crippen LogP contribution >= 0.6 is 15.9 Å². The molecule has 5 heteroatoms. The van der Waals surface area contributed by atoms with Crippen LogP contribution in [0.5, 0.6) is 11.5 Å². The van der Waals surface area contributed by atoms with Crippen LogP contribution < -0.4 is 9.47 Å². The number of rotatable bonds is 6. The molecule has 20 heavy (non-hydrogen) atoms. The molecule has 0 bridgehead atoms. The van der Waals surface area contributed by atoms with E-state index >= 15 is 0 Å². The molecule has 104 valence electrons. The fourth-order valence-corrected chi connectivity index (χ4v) is 2.08. The van der Waals surface area contributed by atoms with Gasteiger partial charge in [0.1, 0.15) is 24.7 Å². The van der Waals surface area contributed by atoms with Gasteiger partial charge in [-0.2, -0.15) is 0 Å². The smallest absolute Gasteiger partial charge is 0.335 e. The van der Waals surface area contributed by atoms with Gasteiger partial charge in [0.25, 0.3) is 0 Å². The van der Waals surface area contributed by atoms with E-state index < -0.39 is 5.97 Å². The number of aromatic carboxylic acids is 1. The minimum Gasteiger partial charge on any atom is -0.490 e. The first kappa shape index (κ1) is 14.4. The van der Waals surface area contributed by atoms with E-state index in [9.17, 15) is 4.79 Å². The van der Waals surface area contributed by atoms with Gasteiger partial charge in [0, 0.05) is 4.47 Å². The average Bonchev–Trinajstić information content (AvgIpc) is 2.44. The highest BCUT2D eigenvalue weighted by molar-refractivity contribution is 9.10. The number of benzene rings is 2. The summed E-state index contributed by atoms with van der Waals surface area (Å²) in [6.07, 6.45) is 0. The van der Waals surface area contributed by atoms with Gasteiger partial charge in [-0.15, -0.1) is 0 Å². The topological polar surface area (TPSA) is 55.8 Å². The van der Waals surface area contributed by atoms with Crippen LogP contribution in [0.4, 0.5) is 0 Å². The third kappa shape index (κ3) is 4.28. The predicted molar refractivity (Wildman–Crippen MR) is 78.5 cm³/mol. The number of ether oxygens (including phenoxy) is 2. The predicted octanol–water partition coefficient (Wildman–Crippen LogP) is 3.61. The lowest BCUT2D eigenvalue weighted by Gasteiger charge is -2.09. The SMILES string of the molecule is O=C(O)c1cc(Br)cc(OCCOc2ccccc2)c1. The standard InChI is InChI=1S/C15H13BrO4/c16-12-8-11(15(17)18)9-14(10-12)20-7-6-19-13-4-2-1-3-5-13/h1-5,8-10H,6-7H2,(H,17,18). The van der Waals surface area contributed by atoms with E-state index in [1.165, 1.54) is 12.1 Å². The molecule has 0 unspecified atom stereocenters. The first-order valence-corrected chi connectivity index (χ1v) is 6.79. The summed E-state index contributed by atoms with van der Waals surface area (Å²) in [5.41, 5.74) is 0.179. The fourth-order valence-electron chi connectivity index (χ4n) is 1.61. The summed E-state index contributed by atoms with van der Waals surface area (Å²) in [5, 5.41) is 8.95. The van der Waals surface area contributed by atoms with Crippen molar-refractivity contribution in [3.05, 3.63) is 58.6 Å². The van der Waals surface area contributed by atoms with Crippen LogP contribution in [0.25, 0.3) is 0 Å². The zero-order valence-electron chi connectivity index (χ0n) is 10.6. The van der Waals surface area contributed by atoms with E-state index in [1.54, 1.807) is 6.07 Å². The van der Waals surface area contributed by atoms with Gasteiger partial charge in [0.05, 0.1) is 5.56 Å². The van der Waals surface area contributed by atoms with Crippen LogP contribution in [-0.4, -0.2) is 24.3 Å². The number of para-hydroxylation sites is 1. The van der Waals surface area contributed by atoms with Crippen molar-refractivity contribution in [2.75, 3.05) is 13.2 Å². The average molecular weight is 337 g/mol. The molecule has 0 saturated heterocycles. The summed E-state index contributed by atoms with van der Waals surface area (Å²) in [4.78, 5) is 10.9. The second-order valence-corrected chi connectivity index (χ2v) is 4.91. The Balaban J connectivity index is 1.86. The van der Waals surface area contributed by atoms with Crippen molar-refractivity contribution in [3.63, 3.8) is 0 Å². The molecule has 0 saturated carbocycles. The highest BCUT2D eigenvalue weighted by Gasteiger charge is 2.06. The van der Waals surface area contributed by atoms with E-state index in [0.29, 0.717) is 23.4 Å². The van der Waals surface area contributed by atoms with Gasteiger partial charge in [0.15, 0.2) is 0 Å². The molecule has 0 atom stereocenters. The lowest BCUT2D eigenvalue weighted by Crippen LogP contribution is -2.09. The number of carboxylic acid groups (broad SMARTS) is 1. The lowest BCUT2D eigenvalue weighted by molar-refractivity contribution is 0.0696. The Morgan fingerprint density at radius 1 is 1.00 bits per heavy atom. The second kappa shape index (κ2) is 6.96. The van der Waals surface area contributed by atoms with Crippen LogP contribution in [0.2, 0.25) is 0 Å². The lowest BCUT2D eigenvalue weighted by atomic mass is 10.2. The summed E-state index contributed by atoms with van der Waals surface area (Å²) >= 11 is 3.25. The molecule has 0 aliphatic rings. The van der Waals surface area contributed by atoms with Gasteiger partial charge < -0.3 is 14.6 Å².